The highest BCUT2D eigenvalue weighted by atomic mass is 19.1. The maximum absolute atomic E-state index is 13.3. The van der Waals surface area contributed by atoms with Gasteiger partial charge in [0.1, 0.15) is 5.82 Å². The van der Waals surface area contributed by atoms with E-state index in [1.807, 2.05) is 12.1 Å². The second-order valence-electron chi connectivity index (χ2n) is 6.84. The van der Waals surface area contributed by atoms with E-state index < -0.39 is 0 Å². The summed E-state index contributed by atoms with van der Waals surface area (Å²) >= 11 is 0. The number of fused-ring (bicyclic) bond motifs is 1. The fraction of sp³-hybridized carbons (Fsp3) is 0.350. The average Bonchev–Trinajstić information content (AvgIpc) is 2.70. The molecular weight excluding hydrogens is 345 g/mol. The minimum Gasteiger partial charge on any atom is -0.338 e. The van der Waals surface area contributed by atoms with Crippen LogP contribution in [0, 0.1) is 5.82 Å². The Labute approximate surface area is 156 Å². The molecule has 1 fully saturated rings. The fourth-order valence-corrected chi connectivity index (χ4v) is 3.54. The minimum atomic E-state index is -0.388. The number of H-pyrrole nitrogens is 1. The Hall–Kier alpha value is -2.80. The number of benzene rings is 1. The van der Waals surface area contributed by atoms with E-state index in [1.54, 1.807) is 18.5 Å². The molecule has 140 valence electrons. The van der Waals surface area contributed by atoms with Gasteiger partial charge in [-0.25, -0.2) is 14.4 Å². The molecular formula is C20H22FN5O. The second kappa shape index (κ2) is 7.84. The standard InChI is InChI=1S/C20H22FN5O/c21-16-5-4-15-13-17(24-19(27)18(15)14-16)3-1-8-25-9-11-26(12-10-25)20-22-6-2-7-23-20/h2,4-7,13-14H,1,3,8-12H2,(H,24,27). The van der Waals surface area contributed by atoms with Gasteiger partial charge in [-0.15, -0.1) is 0 Å². The van der Waals surface area contributed by atoms with Crippen LogP contribution in [0.15, 0.2) is 47.5 Å². The van der Waals surface area contributed by atoms with Crippen molar-refractivity contribution < 1.29 is 4.39 Å². The van der Waals surface area contributed by atoms with Crippen LogP contribution >= 0.6 is 0 Å². The van der Waals surface area contributed by atoms with E-state index in [9.17, 15) is 9.18 Å². The lowest BCUT2D eigenvalue weighted by Crippen LogP contribution is -2.47. The molecule has 2 aromatic heterocycles. The molecule has 0 spiro atoms. The molecule has 0 bridgehead atoms. The third-order valence-corrected chi connectivity index (χ3v) is 4.99. The average molecular weight is 367 g/mol. The van der Waals surface area contributed by atoms with Gasteiger partial charge in [-0.05, 0) is 49.0 Å². The zero-order valence-corrected chi connectivity index (χ0v) is 15.1. The molecule has 0 saturated carbocycles. The molecule has 1 N–H and O–H groups in total. The summed E-state index contributed by atoms with van der Waals surface area (Å²) in [4.78, 5) is 28.3. The van der Waals surface area contributed by atoms with Gasteiger partial charge in [-0.2, -0.15) is 0 Å². The molecule has 0 atom stereocenters. The SMILES string of the molecule is O=c1[nH]c(CCCN2CCN(c3ncccn3)CC2)cc2ccc(F)cc12. The highest BCUT2D eigenvalue weighted by Gasteiger charge is 2.18. The molecule has 0 radical (unpaired) electrons. The van der Waals surface area contributed by atoms with E-state index in [0.29, 0.717) is 5.39 Å². The van der Waals surface area contributed by atoms with E-state index in [-0.39, 0.29) is 11.4 Å². The fourth-order valence-electron chi connectivity index (χ4n) is 3.54. The maximum Gasteiger partial charge on any atom is 0.256 e. The first-order chi connectivity index (χ1) is 13.2. The van der Waals surface area contributed by atoms with Crippen LogP contribution < -0.4 is 10.5 Å². The number of halogens is 1. The molecule has 1 saturated heterocycles. The van der Waals surface area contributed by atoms with Crippen LogP contribution in [0.25, 0.3) is 10.8 Å². The Morgan fingerprint density at radius 2 is 1.85 bits per heavy atom. The Balaban J connectivity index is 1.30. The quantitative estimate of drug-likeness (QED) is 0.749. The number of nitrogens with zero attached hydrogens (tertiary/aromatic N) is 4. The molecule has 0 amide bonds. The molecule has 27 heavy (non-hydrogen) atoms. The molecule has 3 heterocycles. The number of rotatable bonds is 5. The van der Waals surface area contributed by atoms with Gasteiger partial charge in [-0.1, -0.05) is 6.07 Å². The van der Waals surface area contributed by atoms with E-state index in [1.165, 1.54) is 12.1 Å². The Morgan fingerprint density at radius 3 is 2.63 bits per heavy atom. The van der Waals surface area contributed by atoms with Gasteiger partial charge in [0.05, 0.1) is 0 Å². The zero-order valence-electron chi connectivity index (χ0n) is 15.1. The molecule has 1 aliphatic heterocycles. The summed E-state index contributed by atoms with van der Waals surface area (Å²) < 4.78 is 13.3. The van der Waals surface area contributed by atoms with Gasteiger partial charge in [0, 0.05) is 49.7 Å². The number of hydrogen-bond acceptors (Lipinski definition) is 5. The molecule has 7 heteroatoms. The first-order valence-electron chi connectivity index (χ1n) is 9.25. The Bertz CT molecular complexity index is 967. The predicted molar refractivity (Wildman–Crippen MR) is 104 cm³/mol. The lowest BCUT2D eigenvalue weighted by atomic mass is 10.1. The van der Waals surface area contributed by atoms with Crippen LogP contribution in [-0.2, 0) is 6.42 Å². The van der Waals surface area contributed by atoms with Crippen molar-refractivity contribution in [3.63, 3.8) is 0 Å². The molecule has 3 aromatic rings. The molecule has 4 rings (SSSR count). The van der Waals surface area contributed by atoms with Gasteiger partial charge in [0.15, 0.2) is 0 Å². The summed E-state index contributed by atoms with van der Waals surface area (Å²) in [5.74, 6) is 0.406. The number of aryl methyl sites for hydroxylation is 1. The summed E-state index contributed by atoms with van der Waals surface area (Å²) in [6.45, 7) is 4.77. The summed E-state index contributed by atoms with van der Waals surface area (Å²) in [6, 6.07) is 8.11. The number of piperazine rings is 1. The summed E-state index contributed by atoms with van der Waals surface area (Å²) in [6.07, 6.45) is 5.30. The van der Waals surface area contributed by atoms with Crippen molar-refractivity contribution >= 4 is 16.7 Å². The van der Waals surface area contributed by atoms with Crippen LogP contribution in [0.4, 0.5) is 10.3 Å². The number of aromatic amines is 1. The third kappa shape index (κ3) is 4.14. The van der Waals surface area contributed by atoms with E-state index in [0.717, 1.165) is 62.6 Å². The van der Waals surface area contributed by atoms with Crippen LogP contribution in [0.1, 0.15) is 12.1 Å². The van der Waals surface area contributed by atoms with E-state index in [4.69, 9.17) is 0 Å². The van der Waals surface area contributed by atoms with Crippen molar-refractivity contribution in [3.8, 4) is 0 Å². The zero-order chi connectivity index (χ0) is 18.6. The van der Waals surface area contributed by atoms with Crippen molar-refractivity contribution in [2.45, 2.75) is 12.8 Å². The van der Waals surface area contributed by atoms with Gasteiger partial charge in [-0.3, -0.25) is 9.69 Å². The molecule has 1 aromatic carbocycles. The highest BCUT2D eigenvalue weighted by molar-refractivity contribution is 5.81. The van der Waals surface area contributed by atoms with Crippen molar-refractivity contribution in [3.05, 3.63) is 64.6 Å². The minimum absolute atomic E-state index is 0.224. The van der Waals surface area contributed by atoms with Crippen molar-refractivity contribution in [1.29, 1.82) is 0 Å². The lowest BCUT2D eigenvalue weighted by molar-refractivity contribution is 0.253. The summed E-state index contributed by atoms with van der Waals surface area (Å²) in [5.41, 5.74) is 0.675. The summed E-state index contributed by atoms with van der Waals surface area (Å²) in [5, 5.41) is 1.18. The van der Waals surface area contributed by atoms with Gasteiger partial charge in [0.2, 0.25) is 5.95 Å². The van der Waals surface area contributed by atoms with Crippen molar-refractivity contribution in [1.82, 2.24) is 19.9 Å². The van der Waals surface area contributed by atoms with Crippen molar-refractivity contribution in [2.75, 3.05) is 37.6 Å². The second-order valence-corrected chi connectivity index (χ2v) is 6.84. The number of anilines is 1. The van der Waals surface area contributed by atoms with E-state index in [2.05, 4.69) is 24.8 Å². The number of nitrogens with one attached hydrogen (secondary N) is 1. The number of hydrogen-bond donors (Lipinski definition) is 1. The van der Waals surface area contributed by atoms with Gasteiger partial charge in [0.25, 0.3) is 5.56 Å². The highest BCUT2D eigenvalue weighted by Crippen LogP contribution is 2.14. The van der Waals surface area contributed by atoms with Gasteiger partial charge >= 0.3 is 0 Å². The smallest absolute Gasteiger partial charge is 0.256 e. The first-order valence-corrected chi connectivity index (χ1v) is 9.25. The van der Waals surface area contributed by atoms with Crippen molar-refractivity contribution in [2.24, 2.45) is 0 Å². The maximum atomic E-state index is 13.3. The number of aromatic nitrogens is 3. The molecule has 1 aliphatic rings. The summed E-state index contributed by atoms with van der Waals surface area (Å²) in [7, 11) is 0. The lowest BCUT2D eigenvalue weighted by Gasteiger charge is -2.34. The van der Waals surface area contributed by atoms with E-state index >= 15 is 0 Å². The Kier molecular flexibility index (Phi) is 5.11. The Morgan fingerprint density at radius 1 is 1.07 bits per heavy atom. The predicted octanol–water partition coefficient (Wildman–Crippen LogP) is 2.21. The topological polar surface area (TPSA) is 65.1 Å². The van der Waals surface area contributed by atoms with Crippen LogP contribution in [0.2, 0.25) is 0 Å². The molecule has 0 aliphatic carbocycles. The van der Waals surface area contributed by atoms with Crippen LogP contribution in [0.5, 0.6) is 0 Å². The molecule has 0 unspecified atom stereocenters. The van der Waals surface area contributed by atoms with Gasteiger partial charge < -0.3 is 9.88 Å². The largest absolute Gasteiger partial charge is 0.338 e. The van der Waals surface area contributed by atoms with Crippen LogP contribution in [0.3, 0.4) is 0 Å². The number of pyridine rings is 1. The monoisotopic (exact) mass is 367 g/mol. The molecule has 6 nitrogen and oxygen atoms in total. The first kappa shape index (κ1) is 17.6. The normalized spacial score (nSPS) is 15.4. The third-order valence-electron chi connectivity index (χ3n) is 4.99. The van der Waals surface area contributed by atoms with Crippen LogP contribution in [-0.4, -0.2) is 52.6 Å².